The minimum Gasteiger partial charge on any atom is -0.454 e. The van der Waals surface area contributed by atoms with Crippen LogP contribution in [-0.2, 0) is 10.2 Å². The molecule has 3 aromatic rings. The van der Waals surface area contributed by atoms with E-state index in [9.17, 15) is 9.59 Å². The Kier molecular flexibility index (Phi) is 4.39. The number of carbonyl (C=O) groups excluding carboxylic acids is 2. The normalized spacial score (nSPS) is 15.4. The molecule has 2 amide bonds. The highest BCUT2D eigenvalue weighted by Gasteiger charge is 2.51. The smallest absolute Gasteiger partial charge is 0.248 e. The van der Waals surface area contributed by atoms with E-state index in [2.05, 4.69) is 10.3 Å². The molecule has 0 radical (unpaired) electrons. The van der Waals surface area contributed by atoms with Crippen LogP contribution in [0.3, 0.4) is 0 Å². The Hall–Kier alpha value is -3.87. The molecule has 0 saturated heterocycles. The molecule has 162 valence electrons. The van der Waals surface area contributed by atoms with Crippen LogP contribution in [0, 0.1) is 6.92 Å². The van der Waals surface area contributed by atoms with E-state index in [1.54, 1.807) is 18.3 Å². The van der Waals surface area contributed by atoms with Gasteiger partial charge in [-0.15, -0.1) is 0 Å². The van der Waals surface area contributed by atoms with Gasteiger partial charge in [0.2, 0.25) is 18.6 Å². The largest absolute Gasteiger partial charge is 0.454 e. The molecule has 7 heteroatoms. The molecule has 1 aromatic heterocycles. The third-order valence-electron chi connectivity index (χ3n) is 5.94. The fraction of sp³-hybridized carbons (Fsp3) is 0.208. The molecule has 2 aromatic carbocycles. The predicted octanol–water partition coefficient (Wildman–Crippen LogP) is 4.29. The topological polar surface area (TPSA) is 104 Å². The van der Waals surface area contributed by atoms with Crippen molar-refractivity contribution in [2.75, 3.05) is 12.1 Å². The third-order valence-corrected chi connectivity index (χ3v) is 5.94. The maximum atomic E-state index is 13.1. The van der Waals surface area contributed by atoms with Crippen molar-refractivity contribution >= 4 is 17.6 Å². The summed E-state index contributed by atoms with van der Waals surface area (Å²) in [6.45, 7) is 2.16. The molecule has 0 unspecified atom stereocenters. The molecule has 0 bridgehead atoms. The van der Waals surface area contributed by atoms with Crippen LogP contribution < -0.4 is 20.5 Å². The highest BCUT2D eigenvalue weighted by Crippen LogP contribution is 2.51. The maximum absolute atomic E-state index is 13.1. The number of nitrogens with two attached hydrogens (primary N) is 1. The molecule has 1 fully saturated rings. The Labute approximate surface area is 183 Å². The Morgan fingerprint density at radius 1 is 1.06 bits per heavy atom. The first kappa shape index (κ1) is 19.1. The lowest BCUT2D eigenvalue weighted by Crippen LogP contribution is -2.28. The molecular weight excluding hydrogens is 394 g/mol. The summed E-state index contributed by atoms with van der Waals surface area (Å²) in [5.74, 6) is 1.36. The van der Waals surface area contributed by atoms with Crippen molar-refractivity contribution in [3.05, 3.63) is 71.4 Å². The number of amides is 2. The summed E-state index contributed by atoms with van der Waals surface area (Å²) in [5.41, 5.74) is 8.94. The number of fused-ring (bicyclic) bond motifs is 1. The van der Waals surface area contributed by atoms with E-state index < -0.39 is 11.3 Å². The molecule has 0 atom stereocenters. The summed E-state index contributed by atoms with van der Waals surface area (Å²) in [6.07, 6.45) is 3.29. The van der Waals surface area contributed by atoms with Gasteiger partial charge in [-0.2, -0.15) is 0 Å². The fourth-order valence-electron chi connectivity index (χ4n) is 3.94. The van der Waals surface area contributed by atoms with Gasteiger partial charge in [-0.1, -0.05) is 18.2 Å². The van der Waals surface area contributed by atoms with Gasteiger partial charge in [-0.25, -0.2) is 4.98 Å². The van der Waals surface area contributed by atoms with Gasteiger partial charge in [0.25, 0.3) is 0 Å². The lowest BCUT2D eigenvalue weighted by atomic mass is 9.94. The predicted molar refractivity (Wildman–Crippen MR) is 121 cm³/mol. The number of aromatic nitrogens is 1. The summed E-state index contributed by atoms with van der Waals surface area (Å²) in [4.78, 5) is 28.8. The van der Waals surface area contributed by atoms with E-state index in [4.69, 9.17) is 15.2 Å². The molecule has 1 saturated carbocycles. The molecule has 2 aliphatic rings. The van der Waals surface area contributed by atoms with E-state index in [-0.39, 0.29) is 17.0 Å². The van der Waals surface area contributed by atoms with Crippen LogP contribution in [0.2, 0.25) is 0 Å². The van der Waals surface area contributed by atoms with Crippen molar-refractivity contribution in [1.82, 2.24) is 4.98 Å². The summed E-state index contributed by atoms with van der Waals surface area (Å²) in [5, 5.41) is 2.97. The average molecular weight is 421 g/mol. The monoisotopic (exact) mass is 421 g/mol. The first-order valence-corrected chi connectivity index (χ1v) is 10.0. The van der Waals surface area contributed by atoms with Crippen LogP contribution in [-0.4, -0.2) is 23.6 Å². The van der Waals surface area contributed by atoms with Crippen molar-refractivity contribution in [2.45, 2.75) is 25.2 Å². The standard InChI is InChI=1S/C24H21N3O4.3H2/c1-14-10-21(26-12-18(14)15-2-4-16(5-3-15)22(25)28)27-23(29)24(8-9-24)17-6-7-19-20(11-17)31-13-30-19;;;/h2-7,10-12H,8-9,13H2,1H3,(H2,25,28)(H,26,27,29);3*1H. The lowest BCUT2D eigenvalue weighted by Gasteiger charge is -2.16. The molecular formula is C24H27N3O4. The number of nitrogens with zero attached hydrogens (tertiary/aromatic N) is 1. The van der Waals surface area contributed by atoms with Crippen molar-refractivity contribution in [2.24, 2.45) is 5.73 Å². The molecule has 0 spiro atoms. The number of primary amides is 1. The lowest BCUT2D eigenvalue weighted by molar-refractivity contribution is -0.118. The zero-order chi connectivity index (χ0) is 21.6. The summed E-state index contributed by atoms with van der Waals surface area (Å²) < 4.78 is 10.8. The number of pyridine rings is 1. The average Bonchev–Trinajstić information content (AvgIpc) is 3.45. The highest BCUT2D eigenvalue weighted by atomic mass is 16.7. The van der Waals surface area contributed by atoms with E-state index in [1.165, 1.54) is 0 Å². The van der Waals surface area contributed by atoms with Gasteiger partial charge in [0.05, 0.1) is 5.41 Å². The van der Waals surface area contributed by atoms with Crippen LogP contribution in [0.1, 0.15) is 38.6 Å². The minimum atomic E-state index is -0.556. The molecule has 31 heavy (non-hydrogen) atoms. The molecule has 3 N–H and O–H groups in total. The Morgan fingerprint density at radius 3 is 2.48 bits per heavy atom. The van der Waals surface area contributed by atoms with Crippen molar-refractivity contribution in [3.8, 4) is 22.6 Å². The zero-order valence-corrected chi connectivity index (χ0v) is 17.0. The Morgan fingerprint density at radius 2 is 1.81 bits per heavy atom. The molecule has 5 rings (SSSR count). The third kappa shape index (κ3) is 3.38. The molecule has 1 aliphatic heterocycles. The van der Waals surface area contributed by atoms with Gasteiger partial charge in [-0.3, -0.25) is 9.59 Å². The SMILES string of the molecule is Cc1cc(NC(=O)C2(c3ccc4c(c3)OCO4)CC2)ncc1-c1ccc(C(N)=O)cc1.[HH].[HH].[HH]. The van der Waals surface area contributed by atoms with E-state index >= 15 is 0 Å². The second-order valence-electron chi connectivity index (χ2n) is 7.93. The second kappa shape index (κ2) is 7.12. The number of aryl methyl sites for hydroxylation is 1. The van der Waals surface area contributed by atoms with Crippen molar-refractivity contribution in [3.63, 3.8) is 0 Å². The van der Waals surface area contributed by atoms with Gasteiger partial charge in [0.15, 0.2) is 11.5 Å². The Balaban J connectivity index is 0.00000136. The van der Waals surface area contributed by atoms with Crippen LogP contribution >= 0.6 is 0 Å². The second-order valence-corrected chi connectivity index (χ2v) is 7.93. The van der Waals surface area contributed by atoms with E-state index in [0.717, 1.165) is 35.1 Å². The van der Waals surface area contributed by atoms with Gasteiger partial charge < -0.3 is 20.5 Å². The number of benzene rings is 2. The van der Waals surface area contributed by atoms with Crippen molar-refractivity contribution < 1.29 is 23.3 Å². The number of ether oxygens (including phenoxy) is 2. The first-order valence-electron chi connectivity index (χ1n) is 10.0. The van der Waals surface area contributed by atoms with Crippen molar-refractivity contribution in [1.29, 1.82) is 0 Å². The molecule has 2 heterocycles. The van der Waals surface area contributed by atoms with Gasteiger partial charge in [0, 0.05) is 21.6 Å². The van der Waals surface area contributed by atoms with Gasteiger partial charge in [0.1, 0.15) is 5.82 Å². The number of hydrogen-bond acceptors (Lipinski definition) is 5. The number of anilines is 1. The van der Waals surface area contributed by atoms with Gasteiger partial charge >= 0.3 is 0 Å². The van der Waals surface area contributed by atoms with Crippen LogP contribution in [0.25, 0.3) is 11.1 Å². The number of nitrogens with one attached hydrogen (secondary N) is 1. The molecule has 1 aliphatic carbocycles. The summed E-state index contributed by atoms with van der Waals surface area (Å²) in [6, 6.07) is 14.6. The highest BCUT2D eigenvalue weighted by molar-refractivity contribution is 6.01. The number of carbonyl (C=O) groups is 2. The van der Waals surface area contributed by atoms with E-state index in [0.29, 0.717) is 22.9 Å². The number of rotatable bonds is 5. The van der Waals surface area contributed by atoms with Crippen LogP contribution in [0.5, 0.6) is 11.5 Å². The first-order chi connectivity index (χ1) is 15.0. The summed E-state index contributed by atoms with van der Waals surface area (Å²) >= 11 is 0. The minimum absolute atomic E-state index is 0. The fourth-order valence-corrected chi connectivity index (χ4v) is 3.94. The summed E-state index contributed by atoms with van der Waals surface area (Å²) in [7, 11) is 0. The van der Waals surface area contributed by atoms with Gasteiger partial charge in [-0.05, 0) is 66.8 Å². The number of hydrogen-bond donors (Lipinski definition) is 2. The Bertz CT molecular complexity index is 1210. The molecule has 7 nitrogen and oxygen atoms in total. The maximum Gasteiger partial charge on any atom is 0.248 e. The van der Waals surface area contributed by atoms with E-state index in [1.807, 2.05) is 43.3 Å². The van der Waals surface area contributed by atoms with Crippen LogP contribution in [0.15, 0.2) is 54.7 Å². The zero-order valence-electron chi connectivity index (χ0n) is 17.0. The van der Waals surface area contributed by atoms with Crippen LogP contribution in [0.4, 0.5) is 5.82 Å². The quantitative estimate of drug-likeness (QED) is 0.639.